The molecule has 1 aliphatic carbocycles. The van der Waals surface area contributed by atoms with E-state index in [2.05, 4.69) is 0 Å². The Balaban J connectivity index is 2.06. The zero-order chi connectivity index (χ0) is 8.27. The molecule has 0 saturated heterocycles. The van der Waals surface area contributed by atoms with Crippen molar-refractivity contribution in [3.63, 3.8) is 0 Å². The number of hydrogen-bond donors (Lipinski definition) is 1. The SMILES string of the molecule is C[C@H](N)C(=O)OCC1CCC1. The summed E-state index contributed by atoms with van der Waals surface area (Å²) >= 11 is 0. The van der Waals surface area contributed by atoms with Crippen molar-refractivity contribution in [2.24, 2.45) is 11.7 Å². The van der Waals surface area contributed by atoms with Gasteiger partial charge in [0.1, 0.15) is 6.04 Å². The van der Waals surface area contributed by atoms with E-state index in [-0.39, 0.29) is 5.97 Å². The third-order valence-electron chi connectivity index (χ3n) is 2.06. The lowest BCUT2D eigenvalue weighted by Crippen LogP contribution is -2.31. The molecule has 1 atom stereocenters. The largest absolute Gasteiger partial charge is 0.464 e. The van der Waals surface area contributed by atoms with Crippen LogP contribution in [0.5, 0.6) is 0 Å². The van der Waals surface area contributed by atoms with Gasteiger partial charge in [0.25, 0.3) is 0 Å². The molecule has 1 rings (SSSR count). The topological polar surface area (TPSA) is 52.3 Å². The molecule has 0 aromatic rings. The number of rotatable bonds is 3. The molecule has 1 fully saturated rings. The first-order chi connectivity index (χ1) is 5.20. The zero-order valence-corrected chi connectivity index (χ0v) is 6.88. The molecule has 2 N–H and O–H groups in total. The van der Waals surface area contributed by atoms with Gasteiger partial charge in [-0.05, 0) is 25.7 Å². The highest BCUT2D eigenvalue weighted by Gasteiger charge is 2.19. The molecule has 1 saturated carbocycles. The molecule has 1 aliphatic rings. The van der Waals surface area contributed by atoms with Crippen LogP contribution in [0.4, 0.5) is 0 Å². The third-order valence-corrected chi connectivity index (χ3v) is 2.06. The average Bonchev–Trinajstić information content (AvgIpc) is 1.83. The second kappa shape index (κ2) is 3.72. The molecule has 11 heavy (non-hydrogen) atoms. The van der Waals surface area contributed by atoms with E-state index in [0.29, 0.717) is 12.5 Å². The molecule has 0 radical (unpaired) electrons. The van der Waals surface area contributed by atoms with Crippen LogP contribution in [0.2, 0.25) is 0 Å². The van der Waals surface area contributed by atoms with Gasteiger partial charge in [-0.1, -0.05) is 6.42 Å². The summed E-state index contributed by atoms with van der Waals surface area (Å²) in [6.07, 6.45) is 3.68. The van der Waals surface area contributed by atoms with Crippen LogP contribution in [0.1, 0.15) is 26.2 Å². The molecule has 64 valence electrons. The van der Waals surface area contributed by atoms with E-state index < -0.39 is 6.04 Å². The first-order valence-electron chi connectivity index (χ1n) is 4.12. The number of hydrogen-bond acceptors (Lipinski definition) is 3. The minimum absolute atomic E-state index is 0.281. The minimum Gasteiger partial charge on any atom is -0.464 e. The van der Waals surface area contributed by atoms with Gasteiger partial charge in [0.15, 0.2) is 0 Å². The highest BCUT2D eigenvalue weighted by Crippen LogP contribution is 2.26. The standard InChI is InChI=1S/C8H15NO2/c1-6(9)8(10)11-5-7-3-2-4-7/h6-7H,2-5,9H2,1H3/t6-/m0/s1. The summed E-state index contributed by atoms with van der Waals surface area (Å²) in [5.74, 6) is 0.328. The van der Waals surface area contributed by atoms with E-state index in [0.717, 1.165) is 0 Å². The van der Waals surface area contributed by atoms with E-state index >= 15 is 0 Å². The molecule has 0 aliphatic heterocycles. The summed E-state index contributed by atoms with van der Waals surface area (Å²) in [6, 6.07) is -0.477. The van der Waals surface area contributed by atoms with Crippen molar-refractivity contribution in [2.45, 2.75) is 32.2 Å². The molecule has 0 spiro atoms. The number of esters is 1. The van der Waals surface area contributed by atoms with Gasteiger partial charge in [-0.3, -0.25) is 4.79 Å². The van der Waals surface area contributed by atoms with Crippen LogP contribution in [0.3, 0.4) is 0 Å². The third kappa shape index (κ3) is 2.50. The fourth-order valence-corrected chi connectivity index (χ4v) is 0.991. The summed E-state index contributed by atoms with van der Waals surface area (Å²) in [7, 11) is 0. The van der Waals surface area contributed by atoms with Crippen LogP contribution in [0.15, 0.2) is 0 Å². The van der Waals surface area contributed by atoms with Crippen LogP contribution < -0.4 is 5.73 Å². The number of carbonyl (C=O) groups is 1. The van der Waals surface area contributed by atoms with E-state index in [1.165, 1.54) is 19.3 Å². The van der Waals surface area contributed by atoms with Crippen molar-refractivity contribution in [3.8, 4) is 0 Å². The molecule has 3 heteroatoms. The fraction of sp³-hybridized carbons (Fsp3) is 0.875. The summed E-state index contributed by atoms with van der Waals surface area (Å²) in [6.45, 7) is 2.21. The van der Waals surface area contributed by atoms with Gasteiger partial charge < -0.3 is 10.5 Å². The Hall–Kier alpha value is -0.570. The summed E-state index contributed by atoms with van der Waals surface area (Å²) < 4.78 is 4.94. The van der Waals surface area contributed by atoms with Crippen LogP contribution >= 0.6 is 0 Å². The maximum Gasteiger partial charge on any atom is 0.322 e. The molecule has 0 amide bonds. The highest BCUT2D eigenvalue weighted by molar-refractivity contribution is 5.74. The monoisotopic (exact) mass is 157 g/mol. The van der Waals surface area contributed by atoms with Gasteiger partial charge in [0, 0.05) is 0 Å². The van der Waals surface area contributed by atoms with E-state index in [1.807, 2.05) is 0 Å². The normalized spacial score (nSPS) is 20.5. The van der Waals surface area contributed by atoms with Crippen LogP contribution in [-0.2, 0) is 9.53 Å². The van der Waals surface area contributed by atoms with E-state index in [1.54, 1.807) is 6.92 Å². The highest BCUT2D eigenvalue weighted by atomic mass is 16.5. The van der Waals surface area contributed by atoms with Crippen LogP contribution in [0.25, 0.3) is 0 Å². The smallest absolute Gasteiger partial charge is 0.322 e. The lowest BCUT2D eigenvalue weighted by Gasteiger charge is -2.24. The second-order valence-corrected chi connectivity index (χ2v) is 3.22. The second-order valence-electron chi connectivity index (χ2n) is 3.22. The Morgan fingerprint density at radius 2 is 2.36 bits per heavy atom. The van der Waals surface area contributed by atoms with Crippen LogP contribution in [-0.4, -0.2) is 18.6 Å². The van der Waals surface area contributed by atoms with Crippen LogP contribution in [0, 0.1) is 5.92 Å². The predicted octanol–water partition coefficient (Wildman–Crippen LogP) is 0.677. The van der Waals surface area contributed by atoms with Crippen molar-refractivity contribution < 1.29 is 9.53 Å². The molecule has 0 bridgehead atoms. The lowest BCUT2D eigenvalue weighted by molar-refractivity contribution is -0.147. The van der Waals surface area contributed by atoms with E-state index in [9.17, 15) is 4.79 Å². The van der Waals surface area contributed by atoms with Gasteiger partial charge in [0.2, 0.25) is 0 Å². The quantitative estimate of drug-likeness (QED) is 0.613. The first-order valence-corrected chi connectivity index (χ1v) is 4.12. The Kier molecular flexibility index (Phi) is 2.88. The van der Waals surface area contributed by atoms with Gasteiger partial charge in [-0.15, -0.1) is 0 Å². The Labute approximate surface area is 66.9 Å². The summed E-state index contributed by atoms with van der Waals surface area (Å²) in [5, 5.41) is 0. The van der Waals surface area contributed by atoms with Gasteiger partial charge >= 0.3 is 5.97 Å². The number of carbonyl (C=O) groups excluding carboxylic acids is 1. The minimum atomic E-state index is -0.477. The Morgan fingerprint density at radius 3 is 2.73 bits per heavy atom. The zero-order valence-electron chi connectivity index (χ0n) is 6.88. The van der Waals surface area contributed by atoms with Gasteiger partial charge in [-0.25, -0.2) is 0 Å². The predicted molar refractivity (Wildman–Crippen MR) is 41.9 cm³/mol. The van der Waals surface area contributed by atoms with Crippen molar-refractivity contribution in [1.29, 1.82) is 0 Å². The Morgan fingerprint density at radius 1 is 1.73 bits per heavy atom. The summed E-state index contributed by atoms with van der Waals surface area (Å²) in [4.78, 5) is 10.8. The molecule has 0 aromatic carbocycles. The Bertz CT molecular complexity index is 141. The maximum atomic E-state index is 10.8. The molecule has 0 aromatic heterocycles. The van der Waals surface area contributed by atoms with Crippen molar-refractivity contribution in [2.75, 3.05) is 6.61 Å². The molecule has 0 heterocycles. The van der Waals surface area contributed by atoms with Crippen molar-refractivity contribution in [1.82, 2.24) is 0 Å². The van der Waals surface area contributed by atoms with Crippen molar-refractivity contribution >= 4 is 5.97 Å². The van der Waals surface area contributed by atoms with E-state index in [4.69, 9.17) is 10.5 Å². The van der Waals surface area contributed by atoms with Gasteiger partial charge in [0.05, 0.1) is 6.61 Å². The summed E-state index contributed by atoms with van der Waals surface area (Å²) in [5.41, 5.74) is 5.31. The fourth-order valence-electron chi connectivity index (χ4n) is 0.991. The van der Waals surface area contributed by atoms with Gasteiger partial charge in [-0.2, -0.15) is 0 Å². The lowest BCUT2D eigenvalue weighted by atomic mass is 9.86. The van der Waals surface area contributed by atoms with Crippen molar-refractivity contribution in [3.05, 3.63) is 0 Å². The maximum absolute atomic E-state index is 10.8. The number of ether oxygens (including phenoxy) is 1. The molecule has 3 nitrogen and oxygen atoms in total. The first kappa shape index (κ1) is 8.53. The molecular formula is C8H15NO2. The molecule has 0 unspecified atom stereocenters. The average molecular weight is 157 g/mol. The molecular weight excluding hydrogens is 142 g/mol. The number of nitrogens with two attached hydrogens (primary N) is 1.